The summed E-state index contributed by atoms with van der Waals surface area (Å²) in [5.41, 5.74) is 0. The van der Waals surface area contributed by atoms with Crippen LogP contribution in [0.3, 0.4) is 0 Å². The van der Waals surface area contributed by atoms with E-state index in [9.17, 15) is 4.79 Å². The highest BCUT2D eigenvalue weighted by molar-refractivity contribution is 5.84. The normalized spacial score (nSPS) is 23.1. The topological polar surface area (TPSA) is 69.2 Å². The molecular weight excluding hydrogens is 330 g/mol. The average molecular weight is 368 g/mol. The molecule has 1 unspecified atom stereocenters. The lowest BCUT2D eigenvalue weighted by Crippen LogP contribution is -2.51. The van der Waals surface area contributed by atoms with Crippen molar-refractivity contribution < 1.29 is 9.53 Å². The molecule has 2 saturated heterocycles. The summed E-state index contributed by atoms with van der Waals surface area (Å²) >= 11 is 0. The highest BCUT2D eigenvalue weighted by Gasteiger charge is 2.22. The Morgan fingerprint density at radius 1 is 1.23 bits per heavy atom. The van der Waals surface area contributed by atoms with Crippen molar-refractivity contribution in [1.29, 1.82) is 0 Å². The maximum absolute atomic E-state index is 11.9. The minimum atomic E-state index is 0.00893. The van der Waals surface area contributed by atoms with Crippen LogP contribution in [0.5, 0.6) is 0 Å². The third-order valence-electron chi connectivity index (χ3n) is 5.24. The van der Waals surface area contributed by atoms with Gasteiger partial charge in [0.05, 0.1) is 6.10 Å². The van der Waals surface area contributed by atoms with Crippen molar-refractivity contribution in [2.24, 2.45) is 4.99 Å². The van der Waals surface area contributed by atoms with Crippen LogP contribution in [0, 0.1) is 0 Å². The summed E-state index contributed by atoms with van der Waals surface area (Å²) in [5.74, 6) is 0.743. The molecule has 0 aromatic heterocycles. The summed E-state index contributed by atoms with van der Waals surface area (Å²) in [6.45, 7) is 8.46. The second-order valence-corrected chi connectivity index (χ2v) is 7.87. The van der Waals surface area contributed by atoms with E-state index in [1.165, 1.54) is 6.42 Å². The molecule has 2 fully saturated rings. The monoisotopic (exact) mass is 367 g/mol. The van der Waals surface area contributed by atoms with Gasteiger partial charge in [-0.3, -0.25) is 4.79 Å². The first kappa shape index (κ1) is 21.0. The van der Waals surface area contributed by atoms with E-state index < -0.39 is 0 Å². The number of aliphatic imine (C=N–C) groups is 1. The first-order valence-electron chi connectivity index (χ1n) is 10.1. The third-order valence-corrected chi connectivity index (χ3v) is 5.24. The third kappa shape index (κ3) is 7.11. The molecule has 0 aromatic carbocycles. The quantitative estimate of drug-likeness (QED) is 0.543. The van der Waals surface area contributed by atoms with Gasteiger partial charge in [0.15, 0.2) is 5.96 Å². The van der Waals surface area contributed by atoms with E-state index >= 15 is 0 Å². The molecule has 2 rings (SSSR count). The largest absolute Gasteiger partial charge is 0.376 e. The second kappa shape index (κ2) is 10.7. The van der Waals surface area contributed by atoms with E-state index in [2.05, 4.69) is 34.4 Å². The number of rotatable bonds is 6. The molecule has 0 aliphatic carbocycles. The van der Waals surface area contributed by atoms with Gasteiger partial charge in [0, 0.05) is 52.4 Å². The summed E-state index contributed by atoms with van der Waals surface area (Å²) in [6, 6.07) is 1.00. The number of guanidine groups is 1. The van der Waals surface area contributed by atoms with Gasteiger partial charge in [0.25, 0.3) is 0 Å². The van der Waals surface area contributed by atoms with Crippen LogP contribution in [0.15, 0.2) is 4.99 Å². The Hall–Kier alpha value is -1.34. The number of hydrogen-bond donors (Lipinski definition) is 2. The summed E-state index contributed by atoms with van der Waals surface area (Å²) < 4.78 is 5.80. The van der Waals surface area contributed by atoms with Crippen LogP contribution in [0.2, 0.25) is 0 Å². The van der Waals surface area contributed by atoms with Crippen LogP contribution in [0.1, 0.15) is 46.0 Å². The van der Waals surface area contributed by atoms with Gasteiger partial charge in [-0.25, -0.2) is 4.99 Å². The molecule has 26 heavy (non-hydrogen) atoms. The summed E-state index contributed by atoms with van der Waals surface area (Å²) in [5, 5.41) is 6.93. The zero-order chi connectivity index (χ0) is 18.9. The second-order valence-electron chi connectivity index (χ2n) is 7.87. The van der Waals surface area contributed by atoms with E-state index in [0.717, 1.165) is 57.9 Å². The highest BCUT2D eigenvalue weighted by atomic mass is 16.5. The van der Waals surface area contributed by atoms with Gasteiger partial charge in [-0.1, -0.05) is 0 Å². The Labute approximate surface area is 158 Å². The predicted molar refractivity (Wildman–Crippen MR) is 105 cm³/mol. The van der Waals surface area contributed by atoms with Crippen LogP contribution in [-0.2, 0) is 9.53 Å². The predicted octanol–water partition coefficient (Wildman–Crippen LogP) is 1.05. The number of ether oxygens (including phenoxy) is 1. The van der Waals surface area contributed by atoms with Gasteiger partial charge in [-0.15, -0.1) is 0 Å². The highest BCUT2D eigenvalue weighted by Crippen LogP contribution is 2.13. The number of nitrogens with one attached hydrogen (secondary N) is 2. The molecule has 0 spiro atoms. The summed E-state index contributed by atoms with van der Waals surface area (Å²) in [7, 11) is 3.52. The lowest BCUT2D eigenvalue weighted by Gasteiger charge is -2.35. The number of nitrogens with zero attached hydrogens (tertiary/aromatic N) is 3. The number of amides is 1. The van der Waals surface area contributed by atoms with Crippen LogP contribution in [-0.4, -0.2) is 86.7 Å². The average Bonchev–Trinajstić information content (AvgIpc) is 2.64. The molecule has 2 aliphatic rings. The first-order chi connectivity index (χ1) is 12.5. The van der Waals surface area contributed by atoms with E-state index in [-0.39, 0.29) is 18.6 Å². The molecule has 7 nitrogen and oxygen atoms in total. The Bertz CT molecular complexity index is 453. The standard InChI is InChI=1S/C19H37N5O2/c1-15(2)24-10-8-16(9-11-24)22-19(21-14-18(25)23(3)4)20-13-17-7-5-6-12-26-17/h15-17H,5-14H2,1-4H3,(H2,20,21,22). The molecule has 0 bridgehead atoms. The number of carbonyl (C=O) groups is 1. The van der Waals surface area contributed by atoms with E-state index in [1.807, 2.05) is 0 Å². The lowest BCUT2D eigenvalue weighted by atomic mass is 10.0. The molecular formula is C19H37N5O2. The molecule has 1 atom stereocenters. The molecule has 7 heteroatoms. The lowest BCUT2D eigenvalue weighted by molar-refractivity contribution is -0.127. The maximum Gasteiger partial charge on any atom is 0.243 e. The smallest absolute Gasteiger partial charge is 0.243 e. The molecule has 2 aliphatic heterocycles. The van der Waals surface area contributed by atoms with Crippen molar-refractivity contribution in [3.8, 4) is 0 Å². The molecule has 0 aromatic rings. The zero-order valence-corrected chi connectivity index (χ0v) is 17.0. The Morgan fingerprint density at radius 3 is 2.54 bits per heavy atom. The fourth-order valence-electron chi connectivity index (χ4n) is 3.37. The van der Waals surface area contributed by atoms with Crippen molar-refractivity contribution in [1.82, 2.24) is 20.4 Å². The van der Waals surface area contributed by atoms with Gasteiger partial charge >= 0.3 is 0 Å². The van der Waals surface area contributed by atoms with Crippen LogP contribution < -0.4 is 10.6 Å². The Kier molecular flexibility index (Phi) is 8.65. The van der Waals surface area contributed by atoms with Crippen molar-refractivity contribution >= 4 is 11.9 Å². The van der Waals surface area contributed by atoms with Crippen LogP contribution in [0.25, 0.3) is 0 Å². The molecule has 0 radical (unpaired) electrons. The van der Waals surface area contributed by atoms with Crippen molar-refractivity contribution in [2.75, 3.05) is 46.9 Å². The zero-order valence-electron chi connectivity index (χ0n) is 17.0. The summed E-state index contributed by atoms with van der Waals surface area (Å²) in [6.07, 6.45) is 5.90. The number of hydrogen-bond acceptors (Lipinski definition) is 4. The minimum absolute atomic E-state index is 0.00893. The van der Waals surface area contributed by atoms with Gasteiger partial charge in [-0.05, 0) is 46.0 Å². The van der Waals surface area contributed by atoms with E-state index in [4.69, 9.17) is 4.74 Å². The SMILES string of the molecule is CC(C)N1CCC(NC(=NCC(=O)N(C)C)NCC2CCCCO2)CC1. The van der Waals surface area contributed by atoms with Crippen LogP contribution in [0.4, 0.5) is 0 Å². The minimum Gasteiger partial charge on any atom is -0.376 e. The van der Waals surface area contributed by atoms with Crippen LogP contribution >= 0.6 is 0 Å². The molecule has 0 saturated carbocycles. The maximum atomic E-state index is 11.9. The Morgan fingerprint density at radius 2 is 1.96 bits per heavy atom. The van der Waals surface area contributed by atoms with Crippen molar-refractivity contribution in [3.05, 3.63) is 0 Å². The number of piperidine rings is 1. The van der Waals surface area contributed by atoms with Gasteiger partial charge in [0.1, 0.15) is 6.54 Å². The van der Waals surface area contributed by atoms with Gasteiger partial charge < -0.3 is 25.2 Å². The molecule has 150 valence electrons. The molecule has 2 heterocycles. The number of likely N-dealkylation sites (tertiary alicyclic amines) is 1. The van der Waals surface area contributed by atoms with Crippen molar-refractivity contribution in [3.63, 3.8) is 0 Å². The Balaban J connectivity index is 1.87. The number of likely N-dealkylation sites (N-methyl/N-ethyl adjacent to an activating group) is 1. The van der Waals surface area contributed by atoms with Gasteiger partial charge in [-0.2, -0.15) is 0 Å². The van der Waals surface area contributed by atoms with Crippen molar-refractivity contribution in [2.45, 2.75) is 64.1 Å². The van der Waals surface area contributed by atoms with E-state index in [0.29, 0.717) is 12.1 Å². The number of carbonyl (C=O) groups excluding carboxylic acids is 1. The summed E-state index contributed by atoms with van der Waals surface area (Å²) in [4.78, 5) is 20.5. The molecule has 2 N–H and O–H groups in total. The molecule has 1 amide bonds. The van der Waals surface area contributed by atoms with Gasteiger partial charge in [0.2, 0.25) is 5.91 Å². The van der Waals surface area contributed by atoms with E-state index in [1.54, 1.807) is 19.0 Å². The fourth-order valence-corrected chi connectivity index (χ4v) is 3.37. The first-order valence-corrected chi connectivity index (χ1v) is 10.1. The fraction of sp³-hybridized carbons (Fsp3) is 0.895.